The molecular formula is C21H25N3O2. The summed E-state index contributed by atoms with van der Waals surface area (Å²) in [5.74, 6) is -0.428. The molecule has 3 rings (SSSR count). The average molecular weight is 351 g/mol. The van der Waals surface area contributed by atoms with Crippen LogP contribution in [0.2, 0.25) is 0 Å². The van der Waals surface area contributed by atoms with E-state index in [1.165, 1.54) is 0 Å². The number of rotatable bonds is 5. The van der Waals surface area contributed by atoms with Crippen LogP contribution in [0, 0.1) is 5.92 Å². The molecule has 1 fully saturated rings. The van der Waals surface area contributed by atoms with Gasteiger partial charge in [-0.2, -0.15) is 0 Å². The van der Waals surface area contributed by atoms with Crippen molar-refractivity contribution in [3.8, 4) is 0 Å². The Morgan fingerprint density at radius 1 is 1.15 bits per heavy atom. The molecule has 0 aliphatic carbocycles. The van der Waals surface area contributed by atoms with Crippen molar-refractivity contribution in [2.75, 3.05) is 35.8 Å². The first kappa shape index (κ1) is 18.0. The number of hydrogen-bond donors (Lipinski definition) is 1. The van der Waals surface area contributed by atoms with Crippen LogP contribution in [0.25, 0.3) is 0 Å². The second-order valence-corrected chi connectivity index (χ2v) is 6.82. The highest BCUT2D eigenvalue weighted by molar-refractivity contribution is 6.03. The lowest BCUT2D eigenvalue weighted by Crippen LogP contribution is -2.28. The van der Waals surface area contributed by atoms with Crippen molar-refractivity contribution < 1.29 is 9.59 Å². The summed E-state index contributed by atoms with van der Waals surface area (Å²) in [6.07, 6.45) is 1.11. The third-order valence-electron chi connectivity index (χ3n) is 4.81. The highest BCUT2D eigenvalue weighted by Gasteiger charge is 2.35. The largest absolute Gasteiger partial charge is 0.378 e. The third-order valence-corrected chi connectivity index (χ3v) is 4.81. The Hall–Kier alpha value is -2.82. The zero-order chi connectivity index (χ0) is 18.7. The van der Waals surface area contributed by atoms with E-state index in [0.29, 0.717) is 6.54 Å². The lowest BCUT2D eigenvalue weighted by Gasteiger charge is -2.20. The quantitative estimate of drug-likeness (QED) is 0.899. The summed E-state index contributed by atoms with van der Waals surface area (Å²) in [5.41, 5.74) is 3.87. The lowest BCUT2D eigenvalue weighted by atomic mass is 10.1. The third kappa shape index (κ3) is 3.72. The van der Waals surface area contributed by atoms with Gasteiger partial charge in [0, 0.05) is 44.1 Å². The molecule has 26 heavy (non-hydrogen) atoms. The molecule has 5 nitrogen and oxygen atoms in total. The summed E-state index contributed by atoms with van der Waals surface area (Å²) >= 11 is 0. The Bertz CT molecular complexity index is 799. The van der Waals surface area contributed by atoms with Crippen LogP contribution in [-0.2, 0) is 16.0 Å². The van der Waals surface area contributed by atoms with E-state index >= 15 is 0 Å². The standard InChI is InChI=1S/C21H25N3O2/c1-4-15-7-5-6-8-19(15)24-14-16(13-20(24)25)21(26)22-17-9-11-18(12-10-17)23(2)3/h5-12,16H,4,13-14H2,1-3H3,(H,22,26). The summed E-state index contributed by atoms with van der Waals surface area (Å²) in [7, 11) is 3.95. The summed E-state index contributed by atoms with van der Waals surface area (Å²) in [6.45, 7) is 2.50. The molecule has 2 aromatic carbocycles. The Labute approximate surface area is 154 Å². The summed E-state index contributed by atoms with van der Waals surface area (Å²) in [5, 5.41) is 2.93. The molecule has 0 spiro atoms. The molecule has 1 aliphatic heterocycles. The van der Waals surface area contributed by atoms with Crippen molar-refractivity contribution in [2.45, 2.75) is 19.8 Å². The van der Waals surface area contributed by atoms with E-state index in [-0.39, 0.29) is 24.2 Å². The van der Waals surface area contributed by atoms with Gasteiger partial charge in [-0.05, 0) is 42.3 Å². The zero-order valence-corrected chi connectivity index (χ0v) is 15.5. The molecule has 0 aromatic heterocycles. The molecule has 1 aliphatic rings. The number of aryl methyl sites for hydroxylation is 1. The molecular weight excluding hydrogens is 326 g/mol. The number of benzene rings is 2. The van der Waals surface area contributed by atoms with Gasteiger partial charge in [0.1, 0.15) is 0 Å². The molecule has 136 valence electrons. The van der Waals surface area contributed by atoms with Crippen LogP contribution in [0.5, 0.6) is 0 Å². The second kappa shape index (κ2) is 7.60. The minimum absolute atomic E-state index is 0.00834. The SMILES string of the molecule is CCc1ccccc1N1CC(C(=O)Nc2ccc(N(C)C)cc2)CC1=O. The summed E-state index contributed by atoms with van der Waals surface area (Å²) < 4.78 is 0. The van der Waals surface area contributed by atoms with Gasteiger partial charge in [-0.3, -0.25) is 9.59 Å². The Kier molecular flexibility index (Phi) is 5.26. The number of amides is 2. The van der Waals surface area contributed by atoms with Crippen LogP contribution >= 0.6 is 0 Å². The van der Waals surface area contributed by atoms with Crippen LogP contribution in [0.3, 0.4) is 0 Å². The molecule has 0 radical (unpaired) electrons. The van der Waals surface area contributed by atoms with Gasteiger partial charge in [0.2, 0.25) is 11.8 Å². The molecule has 1 N–H and O–H groups in total. The highest BCUT2D eigenvalue weighted by Crippen LogP contribution is 2.29. The number of carbonyl (C=O) groups excluding carboxylic acids is 2. The molecule has 1 unspecified atom stereocenters. The van der Waals surface area contributed by atoms with Gasteiger partial charge in [0.15, 0.2) is 0 Å². The predicted molar refractivity (Wildman–Crippen MR) is 106 cm³/mol. The molecule has 1 atom stereocenters. The van der Waals surface area contributed by atoms with E-state index in [4.69, 9.17) is 0 Å². The summed E-state index contributed by atoms with van der Waals surface area (Å²) in [6, 6.07) is 15.6. The number of carbonyl (C=O) groups is 2. The Balaban J connectivity index is 1.69. The van der Waals surface area contributed by atoms with Gasteiger partial charge in [-0.25, -0.2) is 0 Å². The monoisotopic (exact) mass is 351 g/mol. The van der Waals surface area contributed by atoms with E-state index in [1.807, 2.05) is 67.5 Å². The Morgan fingerprint density at radius 2 is 1.85 bits per heavy atom. The summed E-state index contributed by atoms with van der Waals surface area (Å²) in [4.78, 5) is 28.8. The Morgan fingerprint density at radius 3 is 2.50 bits per heavy atom. The molecule has 5 heteroatoms. The molecule has 0 saturated carbocycles. The molecule has 2 amide bonds. The minimum atomic E-state index is -0.332. The van der Waals surface area contributed by atoms with Crippen molar-refractivity contribution in [3.05, 3.63) is 54.1 Å². The van der Waals surface area contributed by atoms with Crippen LogP contribution in [0.1, 0.15) is 18.9 Å². The lowest BCUT2D eigenvalue weighted by molar-refractivity contribution is -0.122. The van der Waals surface area contributed by atoms with E-state index in [9.17, 15) is 9.59 Å². The van der Waals surface area contributed by atoms with E-state index < -0.39 is 0 Å². The van der Waals surface area contributed by atoms with Crippen LogP contribution < -0.4 is 15.1 Å². The maximum Gasteiger partial charge on any atom is 0.229 e. The average Bonchev–Trinajstić information content (AvgIpc) is 3.04. The normalized spacial score (nSPS) is 16.7. The predicted octanol–water partition coefficient (Wildman–Crippen LogP) is 3.31. The fourth-order valence-electron chi connectivity index (χ4n) is 3.28. The van der Waals surface area contributed by atoms with Gasteiger partial charge in [-0.15, -0.1) is 0 Å². The maximum atomic E-state index is 12.6. The van der Waals surface area contributed by atoms with Crippen LogP contribution in [-0.4, -0.2) is 32.5 Å². The van der Waals surface area contributed by atoms with E-state index in [2.05, 4.69) is 12.2 Å². The molecule has 2 aromatic rings. The zero-order valence-electron chi connectivity index (χ0n) is 15.5. The van der Waals surface area contributed by atoms with Gasteiger partial charge < -0.3 is 15.1 Å². The number of hydrogen-bond acceptors (Lipinski definition) is 3. The van der Waals surface area contributed by atoms with Gasteiger partial charge in [0.25, 0.3) is 0 Å². The topological polar surface area (TPSA) is 52.7 Å². The van der Waals surface area contributed by atoms with Crippen molar-refractivity contribution in [1.82, 2.24) is 0 Å². The molecule has 1 saturated heterocycles. The number of para-hydroxylation sites is 1. The fraction of sp³-hybridized carbons (Fsp3) is 0.333. The number of nitrogens with one attached hydrogen (secondary N) is 1. The van der Waals surface area contributed by atoms with Crippen LogP contribution in [0.15, 0.2) is 48.5 Å². The van der Waals surface area contributed by atoms with Gasteiger partial charge >= 0.3 is 0 Å². The molecule has 1 heterocycles. The van der Waals surface area contributed by atoms with Gasteiger partial charge in [-0.1, -0.05) is 25.1 Å². The van der Waals surface area contributed by atoms with E-state index in [0.717, 1.165) is 29.0 Å². The second-order valence-electron chi connectivity index (χ2n) is 6.82. The first-order valence-electron chi connectivity index (χ1n) is 8.96. The first-order valence-corrected chi connectivity index (χ1v) is 8.96. The first-order chi connectivity index (χ1) is 12.5. The number of nitrogens with zero attached hydrogens (tertiary/aromatic N) is 2. The van der Waals surface area contributed by atoms with Gasteiger partial charge in [0.05, 0.1) is 5.92 Å². The van der Waals surface area contributed by atoms with Crippen molar-refractivity contribution >= 4 is 28.9 Å². The van der Waals surface area contributed by atoms with E-state index in [1.54, 1.807) is 4.90 Å². The van der Waals surface area contributed by atoms with Crippen LogP contribution in [0.4, 0.5) is 17.1 Å². The van der Waals surface area contributed by atoms with Crippen molar-refractivity contribution in [1.29, 1.82) is 0 Å². The van der Waals surface area contributed by atoms with Crippen molar-refractivity contribution in [3.63, 3.8) is 0 Å². The molecule has 0 bridgehead atoms. The highest BCUT2D eigenvalue weighted by atomic mass is 16.2. The maximum absolute atomic E-state index is 12.6. The number of anilines is 3. The fourth-order valence-corrected chi connectivity index (χ4v) is 3.28. The van der Waals surface area contributed by atoms with Crippen molar-refractivity contribution in [2.24, 2.45) is 5.92 Å². The smallest absolute Gasteiger partial charge is 0.229 e. The minimum Gasteiger partial charge on any atom is -0.378 e.